The van der Waals surface area contributed by atoms with Gasteiger partial charge in [-0.15, -0.1) is 11.3 Å². The van der Waals surface area contributed by atoms with Crippen LogP contribution < -0.4 is 0 Å². The molecular formula is C24H39N3OS. The van der Waals surface area contributed by atoms with Gasteiger partial charge in [0.1, 0.15) is 0 Å². The lowest BCUT2D eigenvalue weighted by molar-refractivity contribution is 0.0613. The van der Waals surface area contributed by atoms with Crippen LogP contribution >= 0.6 is 11.3 Å². The zero-order valence-corrected chi connectivity index (χ0v) is 19.1. The Labute approximate surface area is 181 Å². The molecular weight excluding hydrogens is 378 g/mol. The van der Waals surface area contributed by atoms with E-state index in [9.17, 15) is 4.79 Å². The first kappa shape index (κ1) is 21.3. The number of likely N-dealkylation sites (tertiary alicyclic amines) is 2. The summed E-state index contributed by atoms with van der Waals surface area (Å²) in [6.07, 6.45) is 12.2. The van der Waals surface area contributed by atoms with Gasteiger partial charge in [0.15, 0.2) is 0 Å². The molecule has 3 heterocycles. The molecule has 0 bridgehead atoms. The molecule has 3 aliphatic rings. The minimum absolute atomic E-state index is 0.271. The Hall–Kier alpha value is -0.910. The van der Waals surface area contributed by atoms with E-state index in [1.165, 1.54) is 84.0 Å². The van der Waals surface area contributed by atoms with Crippen molar-refractivity contribution in [3.8, 4) is 0 Å². The van der Waals surface area contributed by atoms with Gasteiger partial charge < -0.3 is 14.7 Å². The second-order valence-electron chi connectivity index (χ2n) is 9.53. The first-order valence-electron chi connectivity index (χ1n) is 12.0. The van der Waals surface area contributed by atoms with E-state index in [0.29, 0.717) is 5.92 Å². The summed E-state index contributed by atoms with van der Waals surface area (Å²) in [5.74, 6) is 0.905. The molecule has 162 valence electrons. The first-order chi connectivity index (χ1) is 14.2. The third-order valence-corrected chi connectivity index (χ3v) is 8.35. The van der Waals surface area contributed by atoms with Crippen molar-refractivity contribution in [3.05, 3.63) is 21.9 Å². The molecule has 1 aromatic rings. The van der Waals surface area contributed by atoms with Gasteiger partial charge in [-0.2, -0.15) is 0 Å². The lowest BCUT2D eigenvalue weighted by atomic mass is 9.95. The van der Waals surface area contributed by atoms with Gasteiger partial charge in [-0.25, -0.2) is 0 Å². The number of rotatable bonds is 7. The summed E-state index contributed by atoms with van der Waals surface area (Å²) in [4.78, 5) is 21.9. The van der Waals surface area contributed by atoms with Crippen LogP contribution in [0, 0.1) is 12.8 Å². The predicted octanol–water partition coefficient (Wildman–Crippen LogP) is 4.64. The lowest BCUT2D eigenvalue weighted by Crippen LogP contribution is -2.47. The average Bonchev–Trinajstić information content (AvgIpc) is 3.43. The van der Waals surface area contributed by atoms with Gasteiger partial charge in [0.25, 0.3) is 5.91 Å². The van der Waals surface area contributed by atoms with Crippen molar-refractivity contribution < 1.29 is 4.79 Å². The molecule has 0 spiro atoms. The molecule has 1 aromatic heterocycles. The molecule has 1 amide bonds. The Bertz CT molecular complexity index is 648. The van der Waals surface area contributed by atoms with E-state index in [2.05, 4.69) is 33.1 Å². The molecule has 1 atom stereocenters. The molecule has 1 aliphatic carbocycles. The third kappa shape index (κ3) is 5.62. The van der Waals surface area contributed by atoms with E-state index < -0.39 is 0 Å². The van der Waals surface area contributed by atoms with Crippen LogP contribution in [0.15, 0.2) is 11.4 Å². The highest BCUT2D eigenvalue weighted by atomic mass is 32.1. The van der Waals surface area contributed by atoms with Crippen LogP contribution in [0.1, 0.15) is 73.0 Å². The first-order valence-corrected chi connectivity index (χ1v) is 12.9. The highest BCUT2D eigenvalue weighted by Crippen LogP contribution is 2.29. The number of aryl methyl sites for hydroxylation is 1. The molecule has 0 N–H and O–H groups in total. The summed E-state index contributed by atoms with van der Waals surface area (Å²) in [5, 5.41) is 2.06. The topological polar surface area (TPSA) is 26.8 Å². The highest BCUT2D eigenvalue weighted by Gasteiger charge is 2.30. The Morgan fingerprint density at radius 1 is 1.07 bits per heavy atom. The summed E-state index contributed by atoms with van der Waals surface area (Å²) < 4.78 is 0. The Kier molecular flexibility index (Phi) is 7.65. The summed E-state index contributed by atoms with van der Waals surface area (Å²) in [6.45, 7) is 9.82. The van der Waals surface area contributed by atoms with Crippen LogP contribution in [-0.4, -0.2) is 72.5 Å². The molecule has 3 fully saturated rings. The summed E-state index contributed by atoms with van der Waals surface area (Å²) in [5.41, 5.74) is 1.14. The summed E-state index contributed by atoms with van der Waals surface area (Å²) >= 11 is 1.62. The van der Waals surface area contributed by atoms with E-state index in [1.54, 1.807) is 11.3 Å². The van der Waals surface area contributed by atoms with E-state index in [0.717, 1.165) is 36.1 Å². The van der Waals surface area contributed by atoms with Gasteiger partial charge in [-0.05, 0) is 88.0 Å². The maximum Gasteiger partial charge on any atom is 0.264 e. The number of carbonyl (C=O) groups excluding carboxylic acids is 1. The standard InChI is InChI=1S/C24H39N3OS/c1-20-11-17-29-23(20)24(28)27(16-15-25-12-5-2-6-13-25)19-21-8-7-14-26(18-21)22-9-3-4-10-22/h11,17,21-22H,2-10,12-16,18-19H2,1H3. The highest BCUT2D eigenvalue weighted by molar-refractivity contribution is 7.12. The maximum atomic E-state index is 13.4. The molecule has 0 radical (unpaired) electrons. The van der Waals surface area contributed by atoms with Crippen LogP contribution in [0.25, 0.3) is 0 Å². The molecule has 1 saturated carbocycles. The molecule has 4 rings (SSSR count). The SMILES string of the molecule is Cc1ccsc1C(=O)N(CCN1CCCCC1)CC1CCCN(C2CCCC2)C1. The second-order valence-corrected chi connectivity index (χ2v) is 10.4. The van der Waals surface area contributed by atoms with Gasteiger partial charge in [0.05, 0.1) is 4.88 Å². The van der Waals surface area contributed by atoms with E-state index in [-0.39, 0.29) is 5.91 Å². The summed E-state index contributed by atoms with van der Waals surface area (Å²) in [7, 11) is 0. The Morgan fingerprint density at radius 2 is 1.86 bits per heavy atom. The number of amides is 1. The fraction of sp³-hybridized carbons (Fsp3) is 0.792. The van der Waals surface area contributed by atoms with E-state index in [1.807, 2.05) is 0 Å². The van der Waals surface area contributed by atoms with Crippen molar-refractivity contribution in [3.63, 3.8) is 0 Å². The van der Waals surface area contributed by atoms with Crippen LogP contribution in [-0.2, 0) is 0 Å². The van der Waals surface area contributed by atoms with Crippen LogP contribution in [0.3, 0.4) is 0 Å². The second kappa shape index (κ2) is 10.4. The van der Waals surface area contributed by atoms with Gasteiger partial charge >= 0.3 is 0 Å². The number of nitrogens with zero attached hydrogens (tertiary/aromatic N) is 3. The van der Waals surface area contributed by atoms with Crippen molar-refractivity contribution in [2.24, 2.45) is 5.92 Å². The maximum absolute atomic E-state index is 13.4. The predicted molar refractivity (Wildman–Crippen MR) is 122 cm³/mol. The van der Waals surface area contributed by atoms with E-state index in [4.69, 9.17) is 0 Å². The van der Waals surface area contributed by atoms with E-state index >= 15 is 0 Å². The number of thiophene rings is 1. The van der Waals surface area contributed by atoms with Gasteiger partial charge in [0.2, 0.25) is 0 Å². The fourth-order valence-electron chi connectivity index (χ4n) is 5.62. The number of hydrogen-bond acceptors (Lipinski definition) is 4. The number of hydrogen-bond donors (Lipinski definition) is 0. The van der Waals surface area contributed by atoms with Crippen LogP contribution in [0.4, 0.5) is 0 Å². The van der Waals surface area contributed by atoms with Gasteiger partial charge in [0, 0.05) is 32.2 Å². The number of piperidine rings is 2. The normalized spacial score (nSPS) is 24.8. The van der Waals surface area contributed by atoms with Crippen molar-refractivity contribution in [2.45, 2.75) is 70.8 Å². The van der Waals surface area contributed by atoms with Crippen molar-refractivity contribution in [1.29, 1.82) is 0 Å². The molecule has 0 aromatic carbocycles. The summed E-state index contributed by atoms with van der Waals surface area (Å²) in [6, 6.07) is 2.90. The molecule has 5 heteroatoms. The average molecular weight is 418 g/mol. The number of carbonyl (C=O) groups is 1. The zero-order chi connectivity index (χ0) is 20.1. The van der Waals surface area contributed by atoms with Crippen molar-refractivity contribution in [2.75, 3.05) is 45.8 Å². The van der Waals surface area contributed by atoms with Gasteiger partial charge in [-0.3, -0.25) is 4.79 Å². The van der Waals surface area contributed by atoms with Crippen LogP contribution in [0.2, 0.25) is 0 Å². The van der Waals surface area contributed by atoms with Gasteiger partial charge in [-0.1, -0.05) is 19.3 Å². The monoisotopic (exact) mass is 417 g/mol. The molecule has 2 aliphatic heterocycles. The third-order valence-electron chi connectivity index (χ3n) is 7.35. The fourth-order valence-corrected chi connectivity index (χ4v) is 6.51. The largest absolute Gasteiger partial charge is 0.336 e. The van der Waals surface area contributed by atoms with Crippen molar-refractivity contribution in [1.82, 2.24) is 14.7 Å². The Morgan fingerprint density at radius 3 is 2.59 bits per heavy atom. The molecule has 29 heavy (non-hydrogen) atoms. The minimum atomic E-state index is 0.271. The molecule has 4 nitrogen and oxygen atoms in total. The Balaban J connectivity index is 1.39. The minimum Gasteiger partial charge on any atom is -0.336 e. The van der Waals surface area contributed by atoms with Crippen molar-refractivity contribution >= 4 is 17.2 Å². The zero-order valence-electron chi connectivity index (χ0n) is 18.3. The smallest absolute Gasteiger partial charge is 0.264 e. The molecule has 2 saturated heterocycles. The quantitative estimate of drug-likeness (QED) is 0.647. The molecule has 1 unspecified atom stereocenters. The lowest BCUT2D eigenvalue weighted by Gasteiger charge is -2.39. The van der Waals surface area contributed by atoms with Crippen LogP contribution in [0.5, 0.6) is 0 Å².